The van der Waals surface area contributed by atoms with E-state index in [-0.39, 0.29) is 30.2 Å². The number of carbonyl (C=O) groups is 3. The highest BCUT2D eigenvalue weighted by molar-refractivity contribution is 5.96. The van der Waals surface area contributed by atoms with Gasteiger partial charge in [-0.2, -0.15) is 0 Å². The van der Waals surface area contributed by atoms with Gasteiger partial charge in [-0.15, -0.1) is 0 Å². The summed E-state index contributed by atoms with van der Waals surface area (Å²) in [6.07, 6.45) is 2.21. The van der Waals surface area contributed by atoms with Gasteiger partial charge in [0, 0.05) is 72.1 Å². The second-order valence-electron chi connectivity index (χ2n) is 9.34. The molecule has 2 aromatic heterocycles. The number of anilines is 1. The van der Waals surface area contributed by atoms with Crippen molar-refractivity contribution >= 4 is 34.4 Å². The molecule has 3 atom stereocenters. The number of amides is 1. The van der Waals surface area contributed by atoms with Gasteiger partial charge in [0.05, 0.1) is 6.42 Å². The number of fused-ring (bicyclic) bond motifs is 5. The second kappa shape index (κ2) is 9.03. The molecule has 2 aliphatic rings. The Morgan fingerprint density at radius 3 is 2.69 bits per heavy atom. The Morgan fingerprint density at radius 1 is 1.09 bits per heavy atom. The maximum atomic E-state index is 12.5. The van der Waals surface area contributed by atoms with Crippen LogP contribution in [0.4, 0.5) is 5.69 Å². The van der Waals surface area contributed by atoms with Crippen molar-refractivity contribution in [1.82, 2.24) is 14.5 Å². The predicted octanol–water partition coefficient (Wildman–Crippen LogP) is 2.38. The van der Waals surface area contributed by atoms with Crippen molar-refractivity contribution < 1.29 is 24.6 Å². The molecule has 2 aliphatic heterocycles. The SMILES string of the molecule is O=C(O)CCC(=O)Nc1ccc2[nH]cc(C(C(=O)O)N3C[C@@H]4C[C@H](C3)c3cccc(=O)n3C4)c2c1. The van der Waals surface area contributed by atoms with E-state index in [2.05, 4.69) is 10.3 Å². The highest BCUT2D eigenvalue weighted by Crippen LogP contribution is 2.40. The minimum absolute atomic E-state index is 0.0185. The number of H-pyrrole nitrogens is 1. The average molecular weight is 479 g/mol. The molecule has 1 unspecified atom stereocenters. The number of carboxylic acid groups (broad SMARTS) is 2. The summed E-state index contributed by atoms with van der Waals surface area (Å²) in [4.78, 5) is 52.8. The molecule has 0 radical (unpaired) electrons. The van der Waals surface area contributed by atoms with Gasteiger partial charge in [0.1, 0.15) is 6.04 Å². The fraction of sp³-hybridized carbons (Fsp3) is 0.360. The van der Waals surface area contributed by atoms with E-state index >= 15 is 0 Å². The van der Waals surface area contributed by atoms with Crippen LogP contribution in [0, 0.1) is 5.92 Å². The Kier molecular flexibility index (Phi) is 5.89. The zero-order valence-corrected chi connectivity index (χ0v) is 18.9. The van der Waals surface area contributed by atoms with Gasteiger partial charge in [-0.05, 0) is 36.6 Å². The highest BCUT2D eigenvalue weighted by atomic mass is 16.4. The molecule has 182 valence electrons. The first kappa shape index (κ1) is 22.9. The van der Waals surface area contributed by atoms with Crippen LogP contribution in [0.15, 0.2) is 47.4 Å². The topological polar surface area (TPSA) is 145 Å². The summed E-state index contributed by atoms with van der Waals surface area (Å²) in [5, 5.41) is 22.4. The summed E-state index contributed by atoms with van der Waals surface area (Å²) >= 11 is 0. The van der Waals surface area contributed by atoms with E-state index < -0.39 is 23.9 Å². The number of nitrogens with one attached hydrogen (secondary N) is 2. The molecular weight excluding hydrogens is 452 g/mol. The van der Waals surface area contributed by atoms with Crippen LogP contribution in [-0.2, 0) is 20.9 Å². The Balaban J connectivity index is 1.43. The van der Waals surface area contributed by atoms with Gasteiger partial charge in [0.25, 0.3) is 5.56 Å². The number of aromatic nitrogens is 2. The van der Waals surface area contributed by atoms with Crippen LogP contribution in [-0.4, -0.2) is 55.6 Å². The molecule has 10 nitrogen and oxygen atoms in total. The van der Waals surface area contributed by atoms with Crippen molar-refractivity contribution in [2.45, 2.75) is 37.8 Å². The summed E-state index contributed by atoms with van der Waals surface area (Å²) < 4.78 is 1.82. The van der Waals surface area contributed by atoms with Crippen molar-refractivity contribution in [3.8, 4) is 0 Å². The van der Waals surface area contributed by atoms with Crippen LogP contribution >= 0.6 is 0 Å². The molecule has 10 heteroatoms. The maximum Gasteiger partial charge on any atom is 0.325 e. The minimum Gasteiger partial charge on any atom is -0.481 e. The molecule has 0 spiro atoms. The first-order valence-electron chi connectivity index (χ1n) is 11.6. The van der Waals surface area contributed by atoms with Gasteiger partial charge in [0.15, 0.2) is 0 Å². The largest absolute Gasteiger partial charge is 0.481 e. The standard InChI is InChI=1S/C25H26N4O6/c30-21(6-7-23(32)33)27-16-4-5-19-17(9-16)18(10-26-19)24(25(34)35)28-11-14-8-15(13-28)20-2-1-3-22(31)29(20)12-14/h1-5,9-10,14-15,24,26H,6-8,11-13H2,(H,27,30)(H,32,33)(H,34,35)/t14-,15+,24?/m0/s1. The van der Waals surface area contributed by atoms with Gasteiger partial charge in [-0.3, -0.25) is 24.1 Å². The second-order valence-corrected chi connectivity index (χ2v) is 9.34. The third kappa shape index (κ3) is 4.44. The number of hydrogen-bond acceptors (Lipinski definition) is 5. The minimum atomic E-state index is -1.05. The molecule has 4 heterocycles. The number of benzene rings is 1. The average Bonchev–Trinajstić information content (AvgIpc) is 3.21. The van der Waals surface area contributed by atoms with E-state index in [1.807, 2.05) is 15.5 Å². The van der Waals surface area contributed by atoms with E-state index in [0.717, 1.165) is 17.6 Å². The van der Waals surface area contributed by atoms with Gasteiger partial charge in [-0.25, -0.2) is 0 Å². The van der Waals surface area contributed by atoms with Crippen molar-refractivity contribution in [2.75, 3.05) is 18.4 Å². The number of piperidine rings is 1. The third-order valence-corrected chi connectivity index (χ3v) is 6.97. The van der Waals surface area contributed by atoms with Gasteiger partial charge >= 0.3 is 11.9 Å². The molecule has 0 aliphatic carbocycles. The Hall–Kier alpha value is -3.92. The number of likely N-dealkylation sites (tertiary alicyclic amines) is 1. The first-order valence-corrected chi connectivity index (χ1v) is 11.6. The summed E-state index contributed by atoms with van der Waals surface area (Å²) in [5.41, 5.74) is 2.74. The lowest BCUT2D eigenvalue weighted by Crippen LogP contribution is -2.49. The fourth-order valence-corrected chi connectivity index (χ4v) is 5.52. The monoisotopic (exact) mass is 478 g/mol. The molecule has 1 amide bonds. The van der Waals surface area contributed by atoms with Crippen LogP contribution in [0.1, 0.15) is 42.5 Å². The summed E-state index contributed by atoms with van der Waals surface area (Å²) in [7, 11) is 0. The molecule has 2 bridgehead atoms. The van der Waals surface area contributed by atoms with Crippen LogP contribution in [0.5, 0.6) is 0 Å². The number of aromatic amines is 1. The number of rotatable bonds is 7. The highest BCUT2D eigenvalue weighted by Gasteiger charge is 2.40. The molecule has 1 fully saturated rings. The molecule has 1 saturated heterocycles. The summed E-state index contributed by atoms with van der Waals surface area (Å²) in [5.74, 6) is -2.18. The molecule has 35 heavy (non-hydrogen) atoms. The predicted molar refractivity (Wildman–Crippen MR) is 127 cm³/mol. The number of aliphatic carboxylic acids is 2. The number of pyridine rings is 1. The number of carbonyl (C=O) groups excluding carboxylic acids is 1. The van der Waals surface area contributed by atoms with Crippen LogP contribution < -0.4 is 10.9 Å². The normalized spacial score (nSPS) is 20.2. The van der Waals surface area contributed by atoms with E-state index in [1.165, 1.54) is 0 Å². The maximum absolute atomic E-state index is 12.5. The van der Waals surface area contributed by atoms with Crippen molar-refractivity contribution in [3.63, 3.8) is 0 Å². The van der Waals surface area contributed by atoms with E-state index in [1.54, 1.807) is 36.5 Å². The van der Waals surface area contributed by atoms with Gasteiger partial charge in [-0.1, -0.05) is 6.07 Å². The van der Waals surface area contributed by atoms with Gasteiger partial charge < -0.3 is 25.1 Å². The van der Waals surface area contributed by atoms with Crippen LogP contribution in [0.2, 0.25) is 0 Å². The number of nitrogens with zero attached hydrogens (tertiary/aromatic N) is 2. The Labute approximate surface area is 200 Å². The summed E-state index contributed by atoms with van der Waals surface area (Å²) in [6.45, 7) is 1.66. The lowest BCUT2D eigenvalue weighted by atomic mass is 9.82. The van der Waals surface area contributed by atoms with Crippen LogP contribution in [0.3, 0.4) is 0 Å². The van der Waals surface area contributed by atoms with Crippen molar-refractivity contribution in [1.29, 1.82) is 0 Å². The van der Waals surface area contributed by atoms with E-state index in [0.29, 0.717) is 36.3 Å². The molecule has 0 saturated carbocycles. The number of carboxylic acids is 2. The zero-order valence-electron chi connectivity index (χ0n) is 18.9. The molecule has 1 aromatic carbocycles. The lowest BCUT2D eigenvalue weighted by molar-refractivity contribution is -0.145. The molecular formula is C25H26N4O6. The summed E-state index contributed by atoms with van der Waals surface area (Å²) in [6, 6.07) is 9.55. The zero-order chi connectivity index (χ0) is 24.7. The lowest BCUT2D eigenvalue weighted by Gasteiger charge is -2.44. The fourth-order valence-electron chi connectivity index (χ4n) is 5.52. The van der Waals surface area contributed by atoms with E-state index in [9.17, 15) is 24.3 Å². The Morgan fingerprint density at radius 2 is 1.91 bits per heavy atom. The molecule has 5 rings (SSSR count). The van der Waals surface area contributed by atoms with Crippen LogP contribution in [0.25, 0.3) is 10.9 Å². The smallest absolute Gasteiger partial charge is 0.325 e. The van der Waals surface area contributed by atoms with Gasteiger partial charge in [0.2, 0.25) is 5.91 Å². The molecule has 4 N–H and O–H groups in total. The third-order valence-electron chi connectivity index (χ3n) is 6.97. The van der Waals surface area contributed by atoms with Crippen molar-refractivity contribution in [2.24, 2.45) is 5.92 Å². The van der Waals surface area contributed by atoms with Crippen molar-refractivity contribution in [3.05, 3.63) is 64.2 Å². The first-order chi connectivity index (χ1) is 16.8. The quantitative estimate of drug-likeness (QED) is 0.408. The Bertz CT molecular complexity index is 1380. The molecule has 3 aromatic rings. The number of hydrogen-bond donors (Lipinski definition) is 4. The van der Waals surface area contributed by atoms with E-state index in [4.69, 9.17) is 5.11 Å².